The molecule has 0 aliphatic carbocycles. The number of carbonyl (C=O) groups excluding carboxylic acids is 1. The van der Waals surface area contributed by atoms with Gasteiger partial charge in [0.15, 0.2) is 6.29 Å². The van der Waals surface area contributed by atoms with Crippen molar-refractivity contribution in [3.05, 3.63) is 48.6 Å². The minimum absolute atomic E-state index is 0.185. The van der Waals surface area contributed by atoms with E-state index in [0.29, 0.717) is 6.42 Å². The fourth-order valence-electron chi connectivity index (χ4n) is 11.1. The molecule has 0 radical (unpaired) electrons. The Morgan fingerprint density at radius 2 is 0.713 bits per heavy atom. The molecule has 7 unspecified atom stereocenters. The first kappa shape index (κ1) is 76.2. The molecule has 1 aliphatic heterocycles. The Morgan fingerprint density at radius 1 is 0.412 bits per heavy atom. The van der Waals surface area contributed by atoms with Crippen molar-refractivity contribution < 1.29 is 39.8 Å². The van der Waals surface area contributed by atoms with Crippen LogP contribution in [-0.2, 0) is 14.3 Å². The van der Waals surface area contributed by atoms with Crippen molar-refractivity contribution in [3.63, 3.8) is 0 Å². The Kier molecular flexibility index (Phi) is 57.4. The first-order valence-corrected chi connectivity index (χ1v) is 34.9. The number of nitrogens with one attached hydrogen (secondary N) is 1. The maximum absolute atomic E-state index is 13.1. The largest absolute Gasteiger partial charge is 0.394 e. The van der Waals surface area contributed by atoms with Crippen LogP contribution >= 0.6 is 0 Å². The van der Waals surface area contributed by atoms with Crippen molar-refractivity contribution >= 4 is 5.91 Å². The highest BCUT2D eigenvalue weighted by Gasteiger charge is 2.44. The van der Waals surface area contributed by atoms with E-state index in [1.54, 1.807) is 6.08 Å². The standard InChI is InChI=1S/C71H133NO8/c1-3-5-7-9-11-13-15-17-19-21-23-24-25-26-27-28-29-30-31-32-33-34-35-36-37-38-39-40-41-42-43-45-47-49-51-53-55-57-59-61-67(75)72-64(63-79-71-70(78)69(77)68(76)66(62-73)80-71)65(74)60-58-56-54-52-50-48-46-44-22-20-18-16-14-12-10-8-6-4-2/h21-23,44,50,52,58,60,64-66,68-71,73-74,76-78H,3-20,24-43,45-49,51,53-57,59,61-63H2,1-2H3,(H,72,75)/b23-21-,44-22+,52-50+,60-58+. The van der Waals surface area contributed by atoms with E-state index in [1.807, 2.05) is 6.08 Å². The molecule has 9 heteroatoms. The molecule has 1 rings (SSSR count). The molecule has 0 bridgehead atoms. The molecule has 0 spiro atoms. The van der Waals surface area contributed by atoms with Gasteiger partial charge in [0, 0.05) is 6.42 Å². The zero-order chi connectivity index (χ0) is 57.9. The van der Waals surface area contributed by atoms with Crippen LogP contribution in [0.3, 0.4) is 0 Å². The molecule has 6 N–H and O–H groups in total. The SMILES string of the molecule is CCCCCCCCCC/C=C\CCCCCCCCCCCCCCCCCCCCCCCCCCCCCC(=O)NC(COC1OC(CO)C(O)C(O)C1O)C(O)/C=C/CC/C=C/CC/C=C/CCCCCCCCCC. The van der Waals surface area contributed by atoms with E-state index in [-0.39, 0.29) is 12.5 Å². The number of hydrogen-bond donors (Lipinski definition) is 6. The van der Waals surface area contributed by atoms with E-state index in [1.165, 1.54) is 276 Å². The number of unbranched alkanes of at least 4 members (excludes halogenated alkanes) is 45. The highest BCUT2D eigenvalue weighted by atomic mass is 16.7. The smallest absolute Gasteiger partial charge is 0.220 e. The zero-order valence-electron chi connectivity index (χ0n) is 52.6. The van der Waals surface area contributed by atoms with Crippen molar-refractivity contribution in [1.82, 2.24) is 5.32 Å². The average Bonchev–Trinajstić information content (AvgIpc) is 3.46. The topological polar surface area (TPSA) is 149 Å². The van der Waals surface area contributed by atoms with Gasteiger partial charge in [0.25, 0.3) is 0 Å². The van der Waals surface area contributed by atoms with Gasteiger partial charge in [-0.15, -0.1) is 0 Å². The van der Waals surface area contributed by atoms with Gasteiger partial charge in [-0.1, -0.05) is 313 Å². The maximum Gasteiger partial charge on any atom is 0.220 e. The summed E-state index contributed by atoms with van der Waals surface area (Å²) in [6, 6.07) is -0.828. The molecule has 1 aliphatic rings. The molecule has 0 saturated carbocycles. The number of rotatable bonds is 61. The van der Waals surface area contributed by atoms with Crippen LogP contribution in [0.5, 0.6) is 0 Å². The third-order valence-electron chi connectivity index (χ3n) is 16.6. The Hall–Kier alpha value is -1.85. The fourth-order valence-corrected chi connectivity index (χ4v) is 11.1. The van der Waals surface area contributed by atoms with Gasteiger partial charge in [0.05, 0.1) is 25.4 Å². The normalized spacial score (nSPS) is 18.7. The minimum atomic E-state index is -1.57. The fraction of sp³-hybridized carbons (Fsp3) is 0.873. The predicted molar refractivity (Wildman–Crippen MR) is 341 cm³/mol. The summed E-state index contributed by atoms with van der Waals surface area (Å²) in [5.74, 6) is -0.185. The van der Waals surface area contributed by atoms with Gasteiger partial charge in [-0.05, 0) is 70.6 Å². The Bertz CT molecular complexity index is 1400. The van der Waals surface area contributed by atoms with E-state index >= 15 is 0 Å². The molecule has 470 valence electrons. The number of hydrogen-bond acceptors (Lipinski definition) is 8. The van der Waals surface area contributed by atoms with E-state index in [9.17, 15) is 30.3 Å². The molecule has 0 aromatic carbocycles. The number of aliphatic hydroxyl groups excluding tert-OH is 5. The lowest BCUT2D eigenvalue weighted by Crippen LogP contribution is -2.60. The van der Waals surface area contributed by atoms with E-state index in [0.717, 1.165) is 44.9 Å². The molecular formula is C71H133NO8. The van der Waals surface area contributed by atoms with Crippen LogP contribution in [0.4, 0.5) is 0 Å². The first-order valence-electron chi connectivity index (χ1n) is 34.9. The third kappa shape index (κ3) is 48.5. The Morgan fingerprint density at radius 3 is 1.05 bits per heavy atom. The maximum atomic E-state index is 13.1. The average molecular weight is 1130 g/mol. The van der Waals surface area contributed by atoms with Crippen LogP contribution in [0, 0.1) is 0 Å². The monoisotopic (exact) mass is 1130 g/mol. The highest BCUT2D eigenvalue weighted by Crippen LogP contribution is 2.23. The third-order valence-corrected chi connectivity index (χ3v) is 16.6. The number of ether oxygens (including phenoxy) is 2. The predicted octanol–water partition coefficient (Wildman–Crippen LogP) is 18.8. The summed E-state index contributed by atoms with van der Waals surface area (Å²) in [7, 11) is 0. The van der Waals surface area contributed by atoms with Gasteiger partial charge >= 0.3 is 0 Å². The van der Waals surface area contributed by atoms with Crippen molar-refractivity contribution in [2.24, 2.45) is 0 Å². The molecule has 1 heterocycles. The van der Waals surface area contributed by atoms with Crippen molar-refractivity contribution in [1.29, 1.82) is 0 Å². The number of allylic oxidation sites excluding steroid dienone is 7. The zero-order valence-corrected chi connectivity index (χ0v) is 52.6. The van der Waals surface area contributed by atoms with Crippen molar-refractivity contribution in [2.45, 2.75) is 384 Å². The molecule has 80 heavy (non-hydrogen) atoms. The second-order valence-electron chi connectivity index (χ2n) is 24.3. The quantitative estimate of drug-likeness (QED) is 0.0261. The van der Waals surface area contributed by atoms with E-state index in [4.69, 9.17) is 9.47 Å². The van der Waals surface area contributed by atoms with Crippen LogP contribution in [0.15, 0.2) is 48.6 Å². The number of carbonyl (C=O) groups is 1. The van der Waals surface area contributed by atoms with Crippen LogP contribution in [-0.4, -0.2) is 87.5 Å². The van der Waals surface area contributed by atoms with Crippen LogP contribution in [0.1, 0.15) is 341 Å². The van der Waals surface area contributed by atoms with E-state index < -0.39 is 49.5 Å². The molecule has 9 nitrogen and oxygen atoms in total. The highest BCUT2D eigenvalue weighted by molar-refractivity contribution is 5.76. The summed E-state index contributed by atoms with van der Waals surface area (Å²) < 4.78 is 11.3. The van der Waals surface area contributed by atoms with Crippen molar-refractivity contribution in [2.75, 3.05) is 13.2 Å². The summed E-state index contributed by atoms with van der Waals surface area (Å²) >= 11 is 0. The van der Waals surface area contributed by atoms with Gasteiger partial charge in [0.2, 0.25) is 5.91 Å². The lowest BCUT2D eigenvalue weighted by Gasteiger charge is -2.40. The lowest BCUT2D eigenvalue weighted by atomic mass is 9.99. The second-order valence-corrected chi connectivity index (χ2v) is 24.3. The van der Waals surface area contributed by atoms with Crippen LogP contribution < -0.4 is 5.32 Å². The molecule has 1 saturated heterocycles. The molecule has 1 amide bonds. The van der Waals surface area contributed by atoms with Gasteiger partial charge in [-0.25, -0.2) is 0 Å². The summed E-state index contributed by atoms with van der Waals surface area (Å²) in [4.78, 5) is 13.1. The van der Waals surface area contributed by atoms with Gasteiger partial charge < -0.3 is 40.3 Å². The van der Waals surface area contributed by atoms with Gasteiger partial charge in [-0.2, -0.15) is 0 Å². The van der Waals surface area contributed by atoms with Crippen LogP contribution in [0.2, 0.25) is 0 Å². The summed E-state index contributed by atoms with van der Waals surface area (Å²) in [5, 5.41) is 54.6. The van der Waals surface area contributed by atoms with Gasteiger partial charge in [-0.3, -0.25) is 4.79 Å². The van der Waals surface area contributed by atoms with Crippen LogP contribution in [0.25, 0.3) is 0 Å². The first-order chi connectivity index (χ1) is 39.3. The Balaban J connectivity index is 2.06. The Labute approximate surface area is 494 Å². The van der Waals surface area contributed by atoms with E-state index in [2.05, 4.69) is 55.6 Å². The lowest BCUT2D eigenvalue weighted by molar-refractivity contribution is -0.302. The number of aliphatic hydroxyl groups is 5. The second kappa shape index (κ2) is 60.3. The summed E-state index contributed by atoms with van der Waals surface area (Å²) in [6.45, 7) is 3.79. The number of amides is 1. The van der Waals surface area contributed by atoms with Gasteiger partial charge in [0.1, 0.15) is 24.4 Å². The molecule has 0 aromatic rings. The minimum Gasteiger partial charge on any atom is -0.394 e. The molecule has 0 aromatic heterocycles. The van der Waals surface area contributed by atoms with Crippen molar-refractivity contribution in [3.8, 4) is 0 Å². The summed E-state index contributed by atoms with van der Waals surface area (Å²) in [5.41, 5.74) is 0. The molecule has 7 atom stereocenters. The molecule has 1 fully saturated rings. The summed E-state index contributed by atoms with van der Waals surface area (Å²) in [6.07, 6.45) is 75.3. The molecular weight excluding hydrogens is 995 g/mol.